The molecule has 2 heteroatoms. The normalized spacial score (nSPS) is 17.3. The van der Waals surface area contributed by atoms with Gasteiger partial charge in [0.1, 0.15) is 0 Å². The number of likely N-dealkylation sites (N-methyl/N-ethyl adjacent to an activating group) is 1. The molecular formula is C35H38N2. The van der Waals surface area contributed by atoms with E-state index in [0.717, 1.165) is 12.8 Å². The second-order valence-corrected chi connectivity index (χ2v) is 11.1. The number of rotatable bonds is 7. The maximum absolute atomic E-state index is 3.50. The van der Waals surface area contributed by atoms with Crippen molar-refractivity contribution in [3.05, 3.63) is 132 Å². The molecule has 0 saturated carbocycles. The molecule has 1 N–H and O–H groups in total. The topological polar surface area (TPSA) is 15.3 Å². The smallest absolute Gasteiger partial charge is 0.0447 e. The highest BCUT2D eigenvalue weighted by atomic mass is 15.2. The Morgan fingerprint density at radius 3 is 2.32 bits per heavy atom. The molecule has 0 saturated heterocycles. The molecule has 0 amide bonds. The van der Waals surface area contributed by atoms with Gasteiger partial charge in [-0.2, -0.15) is 0 Å². The molecule has 2 nitrogen and oxygen atoms in total. The first-order valence-corrected chi connectivity index (χ1v) is 13.3. The van der Waals surface area contributed by atoms with E-state index >= 15 is 0 Å². The largest absolute Gasteiger partial charge is 0.388 e. The van der Waals surface area contributed by atoms with Crippen LogP contribution in [0.1, 0.15) is 43.9 Å². The standard InChI is InChI=1S/C35H38N2/c1-34(2)29-19-11-12-20-31(29)37(5)32(34)21-13-14-24-35(3,25-26-15-7-6-8-16-26)33-28-18-10-9-17-27(28)22-23-30(33)36-4/h6-23,36H,24-25H2,1-5H3/b14-13+,32-21+. The summed E-state index contributed by atoms with van der Waals surface area (Å²) in [5, 5.41) is 6.11. The van der Waals surface area contributed by atoms with Crippen LogP contribution in [0.3, 0.4) is 0 Å². The highest BCUT2D eigenvalue weighted by Crippen LogP contribution is 2.47. The van der Waals surface area contributed by atoms with Crippen LogP contribution < -0.4 is 10.2 Å². The third kappa shape index (κ3) is 4.57. The molecule has 4 aromatic carbocycles. The van der Waals surface area contributed by atoms with E-state index in [1.807, 2.05) is 7.05 Å². The van der Waals surface area contributed by atoms with Crippen molar-refractivity contribution in [2.45, 2.75) is 44.4 Å². The van der Waals surface area contributed by atoms with E-state index in [4.69, 9.17) is 0 Å². The summed E-state index contributed by atoms with van der Waals surface area (Å²) in [5.74, 6) is 0. The van der Waals surface area contributed by atoms with Crippen molar-refractivity contribution in [3.63, 3.8) is 0 Å². The predicted octanol–water partition coefficient (Wildman–Crippen LogP) is 8.64. The second kappa shape index (κ2) is 9.94. The summed E-state index contributed by atoms with van der Waals surface area (Å²) in [6, 6.07) is 32.9. The second-order valence-electron chi connectivity index (χ2n) is 11.1. The van der Waals surface area contributed by atoms with E-state index in [2.05, 4.69) is 147 Å². The fraction of sp³-hybridized carbons (Fsp3) is 0.257. The summed E-state index contributed by atoms with van der Waals surface area (Å²) in [6.45, 7) is 7.06. The lowest BCUT2D eigenvalue weighted by molar-refractivity contribution is 0.480. The molecule has 0 radical (unpaired) electrons. The van der Waals surface area contributed by atoms with Crippen LogP contribution in [0.5, 0.6) is 0 Å². The first-order chi connectivity index (χ1) is 17.8. The van der Waals surface area contributed by atoms with Gasteiger partial charge in [-0.1, -0.05) is 112 Å². The lowest BCUT2D eigenvalue weighted by Crippen LogP contribution is -2.26. The number of hydrogen-bond donors (Lipinski definition) is 1. The Kier molecular flexibility index (Phi) is 6.69. The molecular weight excluding hydrogens is 448 g/mol. The van der Waals surface area contributed by atoms with Crippen molar-refractivity contribution in [3.8, 4) is 0 Å². The van der Waals surface area contributed by atoms with E-state index < -0.39 is 0 Å². The van der Waals surface area contributed by atoms with Gasteiger partial charge >= 0.3 is 0 Å². The third-order valence-electron chi connectivity index (χ3n) is 8.14. The molecule has 5 rings (SSSR count). The summed E-state index contributed by atoms with van der Waals surface area (Å²) in [5.41, 5.74) is 7.87. The zero-order chi connectivity index (χ0) is 26.0. The quantitative estimate of drug-likeness (QED) is 0.281. The monoisotopic (exact) mass is 486 g/mol. The number of hydrogen-bond acceptors (Lipinski definition) is 2. The van der Waals surface area contributed by atoms with E-state index in [1.54, 1.807) is 0 Å². The van der Waals surface area contributed by atoms with Crippen LogP contribution in [0, 0.1) is 0 Å². The molecule has 37 heavy (non-hydrogen) atoms. The average Bonchev–Trinajstić information content (AvgIpc) is 3.11. The molecule has 4 aromatic rings. The van der Waals surface area contributed by atoms with E-state index in [1.165, 1.54) is 44.5 Å². The lowest BCUT2D eigenvalue weighted by Gasteiger charge is -2.33. The van der Waals surface area contributed by atoms with Crippen LogP contribution in [0.25, 0.3) is 10.8 Å². The van der Waals surface area contributed by atoms with Crippen LogP contribution in [-0.2, 0) is 17.3 Å². The minimum atomic E-state index is -0.0877. The number of nitrogens with one attached hydrogen (secondary N) is 1. The molecule has 1 aliphatic rings. The van der Waals surface area contributed by atoms with Crippen LogP contribution in [0.4, 0.5) is 11.4 Å². The highest BCUT2D eigenvalue weighted by molar-refractivity contribution is 5.91. The summed E-state index contributed by atoms with van der Waals surface area (Å²) in [6.07, 6.45) is 8.85. The molecule has 1 heterocycles. The SMILES string of the molecule is CNc1ccc2ccccc2c1C(C)(C/C=C/C=C1/N(C)c2ccccc2C1(C)C)Cc1ccccc1. The van der Waals surface area contributed by atoms with Crippen LogP contribution in [-0.4, -0.2) is 14.1 Å². The van der Waals surface area contributed by atoms with E-state index in [-0.39, 0.29) is 10.8 Å². The highest BCUT2D eigenvalue weighted by Gasteiger charge is 2.37. The van der Waals surface area contributed by atoms with Crippen molar-refractivity contribution in [1.82, 2.24) is 0 Å². The Labute approximate surface area is 222 Å². The van der Waals surface area contributed by atoms with Crippen LogP contribution >= 0.6 is 0 Å². The molecule has 1 unspecified atom stereocenters. The third-order valence-corrected chi connectivity index (χ3v) is 8.14. The number of allylic oxidation sites excluding steroid dienone is 4. The molecule has 1 atom stereocenters. The summed E-state index contributed by atoms with van der Waals surface area (Å²) < 4.78 is 0. The zero-order valence-corrected chi connectivity index (χ0v) is 22.8. The Bertz CT molecular complexity index is 1460. The van der Waals surface area contributed by atoms with E-state index in [9.17, 15) is 0 Å². The molecule has 0 aliphatic carbocycles. The van der Waals surface area contributed by atoms with Gasteiger partial charge in [0.05, 0.1) is 0 Å². The van der Waals surface area contributed by atoms with E-state index in [0.29, 0.717) is 0 Å². The van der Waals surface area contributed by atoms with Gasteiger partial charge in [0.25, 0.3) is 0 Å². The predicted molar refractivity (Wildman–Crippen MR) is 161 cm³/mol. The number of fused-ring (bicyclic) bond motifs is 2. The van der Waals surface area contributed by atoms with Crippen molar-refractivity contribution >= 4 is 22.1 Å². The Morgan fingerprint density at radius 2 is 1.57 bits per heavy atom. The molecule has 0 bridgehead atoms. The number of nitrogens with zero attached hydrogens (tertiary/aromatic N) is 1. The average molecular weight is 487 g/mol. The molecule has 1 aliphatic heterocycles. The lowest BCUT2D eigenvalue weighted by atomic mass is 9.72. The fourth-order valence-electron chi connectivity index (χ4n) is 6.23. The van der Waals surface area contributed by atoms with Gasteiger partial charge in [0.15, 0.2) is 0 Å². The van der Waals surface area contributed by atoms with Gasteiger partial charge in [-0.15, -0.1) is 0 Å². The first kappa shape index (κ1) is 24.9. The summed E-state index contributed by atoms with van der Waals surface area (Å²) >= 11 is 0. The van der Waals surface area contributed by atoms with Crippen LogP contribution in [0.15, 0.2) is 115 Å². The van der Waals surface area contributed by atoms with Gasteiger partial charge < -0.3 is 10.2 Å². The van der Waals surface area contributed by atoms with Crippen molar-refractivity contribution < 1.29 is 0 Å². The van der Waals surface area contributed by atoms with Crippen molar-refractivity contribution in [2.24, 2.45) is 0 Å². The van der Waals surface area contributed by atoms with Gasteiger partial charge in [-0.3, -0.25) is 0 Å². The number of para-hydroxylation sites is 1. The Balaban J connectivity index is 1.53. The van der Waals surface area contributed by atoms with Crippen molar-refractivity contribution in [1.29, 1.82) is 0 Å². The molecule has 0 fully saturated rings. The summed E-state index contributed by atoms with van der Waals surface area (Å²) in [4.78, 5) is 2.34. The maximum Gasteiger partial charge on any atom is 0.0447 e. The first-order valence-electron chi connectivity index (χ1n) is 13.3. The molecule has 188 valence electrons. The fourth-order valence-corrected chi connectivity index (χ4v) is 6.23. The number of anilines is 2. The summed E-state index contributed by atoms with van der Waals surface area (Å²) in [7, 11) is 4.22. The molecule has 0 spiro atoms. The van der Waals surface area contributed by atoms with Gasteiger partial charge in [-0.25, -0.2) is 0 Å². The Hall–Kier alpha value is -3.78. The van der Waals surface area contributed by atoms with Crippen molar-refractivity contribution in [2.75, 3.05) is 24.3 Å². The maximum atomic E-state index is 3.50. The van der Waals surface area contributed by atoms with Crippen LogP contribution in [0.2, 0.25) is 0 Å². The van der Waals surface area contributed by atoms with Gasteiger partial charge in [0, 0.05) is 42.0 Å². The van der Waals surface area contributed by atoms with Gasteiger partial charge in [-0.05, 0) is 58.5 Å². The van der Waals surface area contributed by atoms with Gasteiger partial charge in [0.2, 0.25) is 0 Å². The Morgan fingerprint density at radius 1 is 0.865 bits per heavy atom. The minimum Gasteiger partial charge on any atom is -0.388 e. The molecule has 0 aromatic heterocycles. The zero-order valence-electron chi connectivity index (χ0n) is 22.8. The minimum absolute atomic E-state index is 0.0159. The number of benzene rings is 4.